The Morgan fingerprint density at radius 1 is 0.893 bits per heavy atom. The number of anilines is 1. The van der Waals surface area contributed by atoms with Crippen molar-refractivity contribution in [1.29, 1.82) is 0 Å². The SMILES string of the molecule is CCCCCCCCCCCCCCOC(=O)Nc1cccc(O)c1C(=O)O. The van der Waals surface area contributed by atoms with E-state index >= 15 is 0 Å². The Kier molecular flexibility index (Phi) is 12.6. The molecule has 6 nitrogen and oxygen atoms in total. The first-order valence-corrected chi connectivity index (χ1v) is 10.5. The molecule has 6 heteroatoms. The number of rotatable bonds is 15. The second-order valence-electron chi connectivity index (χ2n) is 7.15. The van der Waals surface area contributed by atoms with Crippen LogP contribution in [0.2, 0.25) is 0 Å². The third-order valence-corrected chi connectivity index (χ3v) is 4.72. The zero-order chi connectivity index (χ0) is 20.6. The summed E-state index contributed by atoms with van der Waals surface area (Å²) >= 11 is 0. The average Bonchev–Trinajstić information content (AvgIpc) is 2.65. The summed E-state index contributed by atoms with van der Waals surface area (Å²) in [5.41, 5.74) is -0.322. The molecule has 1 amide bonds. The van der Waals surface area contributed by atoms with Crippen LogP contribution in [-0.4, -0.2) is 28.9 Å². The predicted octanol–water partition coefficient (Wildman–Crippen LogP) is 6.34. The molecule has 0 aromatic heterocycles. The van der Waals surface area contributed by atoms with Crippen molar-refractivity contribution in [1.82, 2.24) is 0 Å². The molecule has 0 saturated heterocycles. The normalized spacial score (nSPS) is 10.6. The Morgan fingerprint density at radius 2 is 1.43 bits per heavy atom. The van der Waals surface area contributed by atoms with Crippen molar-refractivity contribution in [3.63, 3.8) is 0 Å². The monoisotopic (exact) mass is 393 g/mol. The minimum atomic E-state index is -1.31. The number of carboxylic acid groups (broad SMARTS) is 1. The van der Waals surface area contributed by atoms with Crippen molar-refractivity contribution in [2.75, 3.05) is 11.9 Å². The number of carbonyl (C=O) groups is 2. The van der Waals surface area contributed by atoms with E-state index in [2.05, 4.69) is 12.2 Å². The van der Waals surface area contributed by atoms with Crippen molar-refractivity contribution >= 4 is 17.7 Å². The third kappa shape index (κ3) is 10.2. The summed E-state index contributed by atoms with van der Waals surface area (Å²) in [7, 11) is 0. The van der Waals surface area contributed by atoms with Gasteiger partial charge < -0.3 is 14.9 Å². The van der Waals surface area contributed by atoms with E-state index in [0.29, 0.717) is 6.61 Å². The summed E-state index contributed by atoms with van der Waals surface area (Å²) in [6, 6.07) is 4.13. The number of nitrogens with one attached hydrogen (secondary N) is 1. The molecule has 0 aliphatic heterocycles. The molecule has 0 atom stereocenters. The minimum absolute atomic E-state index is 0.0206. The number of amides is 1. The van der Waals surface area contributed by atoms with Gasteiger partial charge in [0, 0.05) is 0 Å². The Balaban J connectivity index is 2.05. The first kappa shape index (κ1) is 23.8. The minimum Gasteiger partial charge on any atom is -0.507 e. The van der Waals surface area contributed by atoms with Gasteiger partial charge in [0.25, 0.3) is 0 Å². The second-order valence-corrected chi connectivity index (χ2v) is 7.15. The highest BCUT2D eigenvalue weighted by molar-refractivity contribution is 6.01. The molecule has 1 aromatic carbocycles. The number of carbonyl (C=O) groups excluding carboxylic acids is 1. The molecular formula is C22H35NO5. The summed E-state index contributed by atoms with van der Waals surface area (Å²) in [6.07, 6.45) is 14.1. The molecule has 28 heavy (non-hydrogen) atoms. The molecule has 0 unspecified atom stereocenters. The van der Waals surface area contributed by atoms with Gasteiger partial charge in [-0.25, -0.2) is 9.59 Å². The molecule has 0 aliphatic carbocycles. The predicted molar refractivity (Wildman–Crippen MR) is 111 cm³/mol. The van der Waals surface area contributed by atoms with Gasteiger partial charge in [0.1, 0.15) is 11.3 Å². The Labute approximate surface area is 168 Å². The molecule has 0 aliphatic rings. The topological polar surface area (TPSA) is 95.9 Å². The largest absolute Gasteiger partial charge is 0.507 e. The van der Waals surface area contributed by atoms with Gasteiger partial charge in [0.2, 0.25) is 0 Å². The van der Waals surface area contributed by atoms with E-state index in [9.17, 15) is 14.7 Å². The van der Waals surface area contributed by atoms with Crippen molar-refractivity contribution in [2.45, 2.75) is 84.0 Å². The highest BCUT2D eigenvalue weighted by Crippen LogP contribution is 2.25. The zero-order valence-corrected chi connectivity index (χ0v) is 17.0. The molecule has 3 N–H and O–H groups in total. The van der Waals surface area contributed by atoms with Crippen molar-refractivity contribution in [3.8, 4) is 5.75 Å². The van der Waals surface area contributed by atoms with Gasteiger partial charge in [-0.05, 0) is 18.6 Å². The Morgan fingerprint density at radius 3 is 1.96 bits per heavy atom. The zero-order valence-electron chi connectivity index (χ0n) is 17.0. The maximum Gasteiger partial charge on any atom is 0.411 e. The molecule has 0 radical (unpaired) electrons. The molecule has 0 bridgehead atoms. The molecule has 0 saturated carbocycles. The third-order valence-electron chi connectivity index (χ3n) is 4.72. The van der Waals surface area contributed by atoms with Gasteiger partial charge in [0.15, 0.2) is 0 Å². The van der Waals surface area contributed by atoms with Gasteiger partial charge in [-0.2, -0.15) is 0 Å². The number of hydrogen-bond acceptors (Lipinski definition) is 4. The van der Waals surface area contributed by atoms with Crippen LogP contribution >= 0.6 is 0 Å². The Hall–Kier alpha value is -2.24. The summed E-state index contributed by atoms with van der Waals surface area (Å²) in [5.74, 6) is -1.71. The number of benzene rings is 1. The average molecular weight is 394 g/mol. The van der Waals surface area contributed by atoms with E-state index in [0.717, 1.165) is 19.3 Å². The van der Waals surface area contributed by atoms with Gasteiger partial charge in [-0.1, -0.05) is 83.6 Å². The van der Waals surface area contributed by atoms with E-state index in [1.165, 1.54) is 76.0 Å². The van der Waals surface area contributed by atoms with Crippen molar-refractivity contribution in [2.24, 2.45) is 0 Å². The number of aromatic hydroxyl groups is 1. The second kappa shape index (κ2) is 14.8. The van der Waals surface area contributed by atoms with E-state index in [-0.39, 0.29) is 11.3 Å². The van der Waals surface area contributed by atoms with Gasteiger partial charge in [0.05, 0.1) is 12.3 Å². The van der Waals surface area contributed by atoms with E-state index in [4.69, 9.17) is 9.84 Å². The number of unbranched alkanes of at least 4 members (excludes halogenated alkanes) is 11. The fourth-order valence-electron chi connectivity index (χ4n) is 3.12. The summed E-state index contributed by atoms with van der Waals surface area (Å²) in [5, 5.41) is 21.1. The van der Waals surface area contributed by atoms with Crippen molar-refractivity contribution < 1.29 is 24.5 Å². The standard InChI is InChI=1S/C22H35NO5/c1-2-3-4-5-6-7-8-9-10-11-12-13-17-28-22(27)23-18-15-14-16-19(24)20(18)21(25)26/h14-16,24H,2-13,17H2,1H3,(H,23,27)(H,25,26). The number of carboxylic acids is 1. The van der Waals surface area contributed by atoms with Gasteiger partial charge >= 0.3 is 12.1 Å². The maximum absolute atomic E-state index is 11.8. The van der Waals surface area contributed by atoms with E-state index in [1.54, 1.807) is 0 Å². The molecule has 0 heterocycles. The van der Waals surface area contributed by atoms with Crippen LogP contribution in [0.4, 0.5) is 10.5 Å². The van der Waals surface area contributed by atoms with Crippen LogP contribution in [0.15, 0.2) is 18.2 Å². The lowest BCUT2D eigenvalue weighted by atomic mass is 10.1. The summed E-state index contributed by atoms with van der Waals surface area (Å²) in [4.78, 5) is 22.9. The number of ether oxygens (including phenoxy) is 1. The van der Waals surface area contributed by atoms with Crippen LogP contribution in [0, 0.1) is 0 Å². The molecule has 0 spiro atoms. The van der Waals surface area contributed by atoms with Crippen LogP contribution < -0.4 is 5.32 Å². The first-order chi connectivity index (χ1) is 13.6. The molecule has 1 aromatic rings. The lowest BCUT2D eigenvalue weighted by Gasteiger charge is -2.10. The van der Waals surface area contributed by atoms with Gasteiger partial charge in [-0.15, -0.1) is 0 Å². The Bertz CT molecular complexity index is 588. The van der Waals surface area contributed by atoms with Crippen LogP contribution in [0.3, 0.4) is 0 Å². The quantitative estimate of drug-likeness (QED) is 0.302. The first-order valence-electron chi connectivity index (χ1n) is 10.5. The summed E-state index contributed by atoms with van der Waals surface area (Å²) < 4.78 is 5.09. The number of aromatic carboxylic acids is 1. The fraction of sp³-hybridized carbons (Fsp3) is 0.636. The highest BCUT2D eigenvalue weighted by Gasteiger charge is 2.17. The number of phenols is 1. The van der Waals surface area contributed by atoms with Crippen LogP contribution in [0.25, 0.3) is 0 Å². The molecular weight excluding hydrogens is 358 g/mol. The van der Waals surface area contributed by atoms with Gasteiger partial charge in [-0.3, -0.25) is 5.32 Å². The fourth-order valence-corrected chi connectivity index (χ4v) is 3.12. The lowest BCUT2D eigenvalue weighted by molar-refractivity contribution is 0.0695. The highest BCUT2D eigenvalue weighted by atomic mass is 16.5. The van der Waals surface area contributed by atoms with E-state index in [1.807, 2.05) is 0 Å². The van der Waals surface area contributed by atoms with E-state index < -0.39 is 17.8 Å². The van der Waals surface area contributed by atoms with Crippen molar-refractivity contribution in [3.05, 3.63) is 23.8 Å². The van der Waals surface area contributed by atoms with Crippen LogP contribution in [0.1, 0.15) is 94.3 Å². The summed E-state index contributed by atoms with van der Waals surface area (Å²) in [6.45, 7) is 2.53. The molecule has 0 fully saturated rings. The van der Waals surface area contributed by atoms with Crippen LogP contribution in [0.5, 0.6) is 5.75 Å². The lowest BCUT2D eigenvalue weighted by Crippen LogP contribution is -2.16. The molecule has 1 rings (SSSR count). The molecule has 158 valence electrons. The maximum atomic E-state index is 11.8. The van der Waals surface area contributed by atoms with Crippen LogP contribution in [-0.2, 0) is 4.74 Å². The smallest absolute Gasteiger partial charge is 0.411 e. The number of hydrogen-bond donors (Lipinski definition) is 3.